The molecule has 1 aliphatic heterocycles. The number of hydrogen-bond acceptors (Lipinski definition) is 7. The molecule has 1 atom stereocenters. The van der Waals surface area contributed by atoms with Gasteiger partial charge < -0.3 is 24.5 Å². The lowest BCUT2D eigenvalue weighted by molar-refractivity contribution is 0.0500. The van der Waals surface area contributed by atoms with Crippen LogP contribution in [0.4, 0.5) is 0 Å². The van der Waals surface area contributed by atoms with E-state index in [4.69, 9.17) is 9.47 Å². The molecule has 2 N–H and O–H groups in total. The predicted molar refractivity (Wildman–Crippen MR) is 112 cm³/mol. The molecule has 2 aromatic rings. The number of aromatic amines is 1. The van der Waals surface area contributed by atoms with Crippen LogP contribution in [0.1, 0.15) is 11.4 Å². The van der Waals surface area contributed by atoms with E-state index in [1.165, 1.54) is 0 Å². The first kappa shape index (κ1) is 21.6. The Morgan fingerprint density at radius 3 is 2.72 bits per heavy atom. The van der Waals surface area contributed by atoms with Gasteiger partial charge in [-0.3, -0.25) is 9.80 Å². The van der Waals surface area contributed by atoms with Crippen LogP contribution in [0.15, 0.2) is 30.6 Å². The first-order valence-electron chi connectivity index (χ1n) is 10.1. The number of rotatable bonds is 10. The fourth-order valence-corrected chi connectivity index (χ4v) is 3.48. The molecule has 0 unspecified atom stereocenters. The Bertz CT molecular complexity index is 732. The first-order valence-corrected chi connectivity index (χ1v) is 10.1. The molecule has 0 aliphatic carbocycles. The molecule has 8 heteroatoms. The van der Waals surface area contributed by atoms with Gasteiger partial charge in [-0.15, -0.1) is 0 Å². The maximum atomic E-state index is 10.5. The van der Waals surface area contributed by atoms with Gasteiger partial charge in [-0.25, -0.2) is 4.98 Å². The van der Waals surface area contributed by atoms with Crippen LogP contribution >= 0.6 is 0 Å². The van der Waals surface area contributed by atoms with Crippen molar-refractivity contribution in [1.29, 1.82) is 0 Å². The van der Waals surface area contributed by atoms with E-state index < -0.39 is 6.10 Å². The van der Waals surface area contributed by atoms with Crippen molar-refractivity contribution >= 4 is 0 Å². The number of ether oxygens (including phenoxy) is 2. The van der Waals surface area contributed by atoms with Gasteiger partial charge in [0, 0.05) is 63.3 Å². The van der Waals surface area contributed by atoms with Crippen molar-refractivity contribution in [3.05, 3.63) is 42.0 Å². The number of hydrogen-bond donors (Lipinski definition) is 2. The number of benzene rings is 1. The highest BCUT2D eigenvalue weighted by Crippen LogP contribution is 2.26. The van der Waals surface area contributed by atoms with Gasteiger partial charge in [0.25, 0.3) is 0 Å². The number of aliphatic hydroxyl groups is 1. The summed E-state index contributed by atoms with van der Waals surface area (Å²) in [7, 11) is 5.81. The van der Waals surface area contributed by atoms with Gasteiger partial charge in [-0.1, -0.05) is 6.07 Å². The molecule has 160 valence electrons. The number of aliphatic hydroxyl groups excluding tert-OH is 1. The zero-order valence-corrected chi connectivity index (χ0v) is 17.7. The zero-order valence-electron chi connectivity index (χ0n) is 17.7. The van der Waals surface area contributed by atoms with Gasteiger partial charge in [0.2, 0.25) is 0 Å². The Balaban J connectivity index is 1.56. The highest BCUT2D eigenvalue weighted by atomic mass is 16.5. The third-order valence-electron chi connectivity index (χ3n) is 5.19. The SMILES string of the molecule is COc1ccc(CN(C)Cc2ncc[nH]2)c(OC[C@@H](O)CN2CCN(C)CC2)c1. The number of likely N-dealkylation sites (N-methyl/N-ethyl adjacent to an activating group) is 1. The maximum absolute atomic E-state index is 10.5. The average Bonchev–Trinajstić information content (AvgIpc) is 3.22. The molecule has 1 aromatic carbocycles. The molecule has 0 amide bonds. The van der Waals surface area contributed by atoms with E-state index in [1.54, 1.807) is 13.3 Å². The van der Waals surface area contributed by atoms with Gasteiger partial charge in [0.15, 0.2) is 0 Å². The summed E-state index contributed by atoms with van der Waals surface area (Å²) >= 11 is 0. The van der Waals surface area contributed by atoms with Crippen molar-refractivity contribution < 1.29 is 14.6 Å². The summed E-state index contributed by atoms with van der Waals surface area (Å²) in [6, 6.07) is 5.84. The zero-order chi connectivity index (χ0) is 20.6. The topological polar surface area (TPSA) is 77.1 Å². The Labute approximate surface area is 173 Å². The normalized spacial score (nSPS) is 16.9. The van der Waals surface area contributed by atoms with E-state index in [9.17, 15) is 5.11 Å². The van der Waals surface area contributed by atoms with Gasteiger partial charge >= 0.3 is 0 Å². The van der Waals surface area contributed by atoms with E-state index in [2.05, 4.69) is 31.7 Å². The second-order valence-electron chi connectivity index (χ2n) is 7.75. The molecule has 2 heterocycles. The summed E-state index contributed by atoms with van der Waals surface area (Å²) < 4.78 is 11.4. The van der Waals surface area contributed by atoms with Crippen molar-refractivity contribution in [3.8, 4) is 11.5 Å². The summed E-state index contributed by atoms with van der Waals surface area (Å²) in [5.41, 5.74) is 1.05. The minimum atomic E-state index is -0.529. The van der Waals surface area contributed by atoms with Crippen molar-refractivity contribution in [2.75, 3.05) is 60.5 Å². The van der Waals surface area contributed by atoms with Gasteiger partial charge in [0.05, 0.1) is 13.7 Å². The van der Waals surface area contributed by atoms with E-state index in [1.807, 2.05) is 31.4 Å². The van der Waals surface area contributed by atoms with E-state index >= 15 is 0 Å². The second kappa shape index (κ2) is 10.6. The summed E-state index contributed by atoms with van der Waals surface area (Å²) in [5.74, 6) is 2.41. The first-order chi connectivity index (χ1) is 14.0. The Morgan fingerprint density at radius 2 is 2.03 bits per heavy atom. The molecule has 1 saturated heterocycles. The largest absolute Gasteiger partial charge is 0.497 e. The summed E-state index contributed by atoms with van der Waals surface area (Å²) in [6.07, 6.45) is 3.05. The van der Waals surface area contributed by atoms with Crippen molar-refractivity contribution in [2.45, 2.75) is 19.2 Å². The molecule has 0 bridgehead atoms. The number of nitrogens with zero attached hydrogens (tertiary/aromatic N) is 4. The molecule has 0 radical (unpaired) electrons. The van der Waals surface area contributed by atoms with Crippen LogP contribution in [-0.2, 0) is 13.1 Å². The maximum Gasteiger partial charge on any atom is 0.127 e. The fourth-order valence-electron chi connectivity index (χ4n) is 3.48. The summed E-state index contributed by atoms with van der Waals surface area (Å²) in [6.45, 7) is 6.34. The van der Waals surface area contributed by atoms with Gasteiger partial charge in [-0.05, 0) is 20.2 Å². The Hall–Kier alpha value is -2.13. The minimum absolute atomic E-state index is 0.258. The lowest BCUT2D eigenvalue weighted by Crippen LogP contribution is -2.47. The van der Waals surface area contributed by atoms with Crippen LogP contribution in [0.5, 0.6) is 11.5 Å². The number of nitrogens with one attached hydrogen (secondary N) is 1. The van der Waals surface area contributed by atoms with Gasteiger partial charge in [0.1, 0.15) is 30.0 Å². The second-order valence-corrected chi connectivity index (χ2v) is 7.75. The van der Waals surface area contributed by atoms with Crippen molar-refractivity contribution in [3.63, 3.8) is 0 Å². The standard InChI is InChI=1S/C21H33N5O3/c1-24-8-10-26(11-9-24)14-18(27)16-29-20-12-19(28-3)5-4-17(20)13-25(2)15-21-22-6-7-23-21/h4-7,12,18,27H,8-11,13-16H2,1-3H3,(H,22,23)/t18-/m0/s1. The van der Waals surface area contributed by atoms with E-state index in [0.29, 0.717) is 19.6 Å². The molecule has 29 heavy (non-hydrogen) atoms. The highest BCUT2D eigenvalue weighted by molar-refractivity contribution is 5.40. The Morgan fingerprint density at radius 1 is 1.24 bits per heavy atom. The van der Waals surface area contributed by atoms with Crippen LogP contribution < -0.4 is 9.47 Å². The van der Waals surface area contributed by atoms with Gasteiger partial charge in [-0.2, -0.15) is 0 Å². The molecular formula is C21H33N5O3. The van der Waals surface area contributed by atoms with E-state index in [0.717, 1.165) is 49.1 Å². The number of aromatic nitrogens is 2. The predicted octanol–water partition coefficient (Wildman–Crippen LogP) is 1.04. The molecule has 3 rings (SSSR count). The number of methoxy groups -OCH3 is 1. The number of β-amino-alcohol motifs (C(OH)–C–C–N with tert-alkyl or cyclic N) is 1. The lowest BCUT2D eigenvalue weighted by atomic mass is 10.1. The number of imidazole rings is 1. The van der Waals surface area contributed by atoms with E-state index in [-0.39, 0.29) is 6.61 Å². The lowest BCUT2D eigenvalue weighted by Gasteiger charge is -2.33. The average molecular weight is 404 g/mol. The van der Waals surface area contributed by atoms with Crippen LogP contribution in [0, 0.1) is 0 Å². The van der Waals surface area contributed by atoms with Crippen LogP contribution in [0.3, 0.4) is 0 Å². The number of piperazine rings is 1. The fraction of sp³-hybridized carbons (Fsp3) is 0.571. The Kier molecular flexibility index (Phi) is 7.88. The molecule has 1 aliphatic rings. The monoisotopic (exact) mass is 403 g/mol. The molecule has 0 spiro atoms. The summed E-state index contributed by atoms with van der Waals surface area (Å²) in [4.78, 5) is 14.2. The third kappa shape index (κ3) is 6.71. The third-order valence-corrected chi connectivity index (χ3v) is 5.19. The van der Waals surface area contributed by atoms with Crippen LogP contribution in [0.25, 0.3) is 0 Å². The summed E-state index contributed by atoms with van der Waals surface area (Å²) in [5, 5.41) is 10.5. The smallest absolute Gasteiger partial charge is 0.127 e. The quantitative estimate of drug-likeness (QED) is 0.614. The van der Waals surface area contributed by atoms with Crippen LogP contribution in [-0.4, -0.2) is 96.4 Å². The van der Waals surface area contributed by atoms with Crippen molar-refractivity contribution in [2.24, 2.45) is 0 Å². The molecule has 1 aromatic heterocycles. The highest BCUT2D eigenvalue weighted by Gasteiger charge is 2.18. The van der Waals surface area contributed by atoms with Crippen molar-refractivity contribution in [1.82, 2.24) is 24.7 Å². The molecule has 0 saturated carbocycles. The molecular weight excluding hydrogens is 370 g/mol. The minimum Gasteiger partial charge on any atom is -0.497 e. The number of H-pyrrole nitrogens is 1. The molecule has 8 nitrogen and oxygen atoms in total. The molecule has 1 fully saturated rings. The van der Waals surface area contributed by atoms with Crippen LogP contribution in [0.2, 0.25) is 0 Å².